The molecule has 0 unspecified atom stereocenters. The van der Waals surface area contributed by atoms with Gasteiger partial charge in [0.25, 0.3) is 0 Å². The maximum atomic E-state index is 13.0. The zero-order chi connectivity index (χ0) is 28.1. The molecule has 4 saturated carbocycles. The Bertz CT molecular complexity index is 1120. The van der Waals surface area contributed by atoms with E-state index in [9.17, 15) is 14.7 Å². The Labute approximate surface area is 238 Å². The van der Waals surface area contributed by atoms with E-state index in [1.807, 2.05) is 18.0 Å². The Morgan fingerprint density at radius 3 is 2.62 bits per heavy atom. The van der Waals surface area contributed by atoms with E-state index in [0.29, 0.717) is 24.3 Å². The van der Waals surface area contributed by atoms with Gasteiger partial charge in [-0.15, -0.1) is 0 Å². The number of hydrogen-bond acceptors (Lipinski definition) is 6. The highest BCUT2D eigenvalue weighted by atomic mass is 16.5. The van der Waals surface area contributed by atoms with Crippen molar-refractivity contribution in [2.75, 3.05) is 46.4 Å². The quantitative estimate of drug-likeness (QED) is 0.565. The third kappa shape index (κ3) is 4.62. The first-order valence-corrected chi connectivity index (χ1v) is 15.8. The fraction of sp³-hybridized carbons (Fsp3) is 0.812. The molecule has 2 amide bonds. The fourth-order valence-electron chi connectivity index (χ4n) is 10.1. The number of ether oxygens (including phenoxy) is 1. The number of carbonyl (C=O) groups excluding carboxylic acids is 1. The van der Waals surface area contributed by atoms with Crippen molar-refractivity contribution in [1.29, 1.82) is 0 Å². The van der Waals surface area contributed by atoms with Gasteiger partial charge in [-0.3, -0.25) is 4.90 Å². The van der Waals surface area contributed by atoms with E-state index in [2.05, 4.69) is 24.1 Å². The highest BCUT2D eigenvalue weighted by molar-refractivity contribution is 5.74. The van der Waals surface area contributed by atoms with Gasteiger partial charge in [0.15, 0.2) is 0 Å². The zero-order valence-corrected chi connectivity index (χ0v) is 24.7. The molecule has 8 atom stereocenters. The van der Waals surface area contributed by atoms with E-state index < -0.39 is 5.60 Å². The lowest BCUT2D eigenvalue weighted by Crippen LogP contribution is -2.62. The van der Waals surface area contributed by atoms with Crippen LogP contribution in [0, 0.1) is 28.6 Å². The molecule has 1 aliphatic heterocycles. The summed E-state index contributed by atoms with van der Waals surface area (Å²) in [6, 6.07) is 3.76. The van der Waals surface area contributed by atoms with Crippen LogP contribution in [-0.2, 0) is 4.74 Å². The molecule has 5 fully saturated rings. The van der Waals surface area contributed by atoms with Gasteiger partial charge >= 0.3 is 11.7 Å². The fourth-order valence-corrected chi connectivity index (χ4v) is 10.1. The van der Waals surface area contributed by atoms with Gasteiger partial charge in [-0.2, -0.15) is 0 Å². The van der Waals surface area contributed by atoms with Gasteiger partial charge in [0.1, 0.15) is 0 Å². The summed E-state index contributed by atoms with van der Waals surface area (Å²) in [4.78, 5) is 28.9. The minimum Gasteiger partial charge on any atom is -0.431 e. The molecule has 4 aliphatic carbocycles. The number of nitrogens with zero attached hydrogens (tertiary/aromatic N) is 2. The van der Waals surface area contributed by atoms with Gasteiger partial charge in [0.2, 0.25) is 0 Å². The molecular formula is C32H49N3O5. The maximum absolute atomic E-state index is 13.0. The SMILES string of the molecule is CN(C(=O)NCCN1CCOCC1)[C@H]1CC[C@@]2(C)[C@H](CC[C@@H]3[C@@H]2CC[C@]2(C)[C@@H](c4ccc(=O)oc4)CC[C@]32O)C1. The second-order valence-electron chi connectivity index (χ2n) is 14.1. The van der Waals surface area contributed by atoms with Crippen LogP contribution in [0.2, 0.25) is 0 Å². The van der Waals surface area contributed by atoms with Crippen LogP contribution in [0.1, 0.15) is 83.1 Å². The number of hydrogen-bond donors (Lipinski definition) is 2. The predicted octanol–water partition coefficient (Wildman–Crippen LogP) is 4.22. The van der Waals surface area contributed by atoms with Crippen molar-refractivity contribution < 1.29 is 19.1 Å². The van der Waals surface area contributed by atoms with Gasteiger partial charge < -0.3 is 24.5 Å². The summed E-state index contributed by atoms with van der Waals surface area (Å²) in [7, 11) is 1.97. The molecule has 0 bridgehead atoms. The van der Waals surface area contributed by atoms with Gasteiger partial charge in [-0.25, -0.2) is 9.59 Å². The molecule has 0 aromatic carbocycles. The first-order chi connectivity index (χ1) is 19.2. The number of rotatable bonds is 5. The summed E-state index contributed by atoms with van der Waals surface area (Å²) >= 11 is 0. The largest absolute Gasteiger partial charge is 0.431 e. The van der Waals surface area contributed by atoms with Crippen LogP contribution in [0.4, 0.5) is 4.79 Å². The average Bonchev–Trinajstić information content (AvgIpc) is 3.24. The molecule has 8 heteroatoms. The summed E-state index contributed by atoms with van der Waals surface area (Å²) in [5, 5.41) is 15.6. The first-order valence-electron chi connectivity index (χ1n) is 15.8. The summed E-state index contributed by atoms with van der Waals surface area (Å²) in [5.74, 6) is 1.64. The van der Waals surface area contributed by atoms with Crippen molar-refractivity contribution in [3.8, 4) is 0 Å². The number of urea groups is 1. The molecular weight excluding hydrogens is 506 g/mol. The van der Waals surface area contributed by atoms with Gasteiger partial charge in [0, 0.05) is 50.7 Å². The lowest BCUT2D eigenvalue weighted by Gasteiger charge is -2.64. The Morgan fingerprint density at radius 2 is 1.88 bits per heavy atom. The molecule has 1 aromatic rings. The van der Waals surface area contributed by atoms with Gasteiger partial charge in [-0.1, -0.05) is 13.8 Å². The van der Waals surface area contributed by atoms with E-state index in [0.717, 1.165) is 96.2 Å². The number of amides is 2. The van der Waals surface area contributed by atoms with Crippen LogP contribution in [0.3, 0.4) is 0 Å². The molecule has 0 spiro atoms. The second kappa shape index (κ2) is 10.7. The molecule has 2 N–H and O–H groups in total. The number of carbonyl (C=O) groups is 1. The minimum absolute atomic E-state index is 0.0482. The van der Waals surface area contributed by atoms with E-state index in [1.165, 1.54) is 6.07 Å². The van der Waals surface area contributed by atoms with Crippen LogP contribution in [0.25, 0.3) is 0 Å². The van der Waals surface area contributed by atoms with Crippen molar-refractivity contribution in [2.45, 2.75) is 89.2 Å². The highest BCUT2D eigenvalue weighted by Gasteiger charge is 2.67. The van der Waals surface area contributed by atoms with E-state index in [4.69, 9.17) is 9.15 Å². The molecule has 5 aliphatic rings. The van der Waals surface area contributed by atoms with Gasteiger partial charge in [-0.05, 0) is 98.5 Å². The molecule has 1 aromatic heterocycles. The van der Waals surface area contributed by atoms with Crippen molar-refractivity contribution >= 4 is 6.03 Å². The molecule has 1 saturated heterocycles. The number of nitrogens with one attached hydrogen (secondary N) is 1. The number of fused-ring (bicyclic) bond motifs is 5. The zero-order valence-electron chi connectivity index (χ0n) is 24.7. The Balaban J connectivity index is 1.10. The van der Waals surface area contributed by atoms with E-state index in [-0.39, 0.29) is 34.4 Å². The lowest BCUT2D eigenvalue weighted by atomic mass is 9.43. The van der Waals surface area contributed by atoms with Crippen molar-refractivity contribution in [2.24, 2.45) is 28.6 Å². The highest BCUT2D eigenvalue weighted by Crippen LogP contribution is 2.70. The molecule has 8 nitrogen and oxygen atoms in total. The summed E-state index contributed by atoms with van der Waals surface area (Å²) in [5.41, 5.74) is 0.0704. The summed E-state index contributed by atoms with van der Waals surface area (Å²) in [6.45, 7) is 9.78. The smallest absolute Gasteiger partial charge is 0.335 e. The molecule has 0 radical (unpaired) electrons. The predicted molar refractivity (Wildman–Crippen MR) is 153 cm³/mol. The number of aliphatic hydroxyl groups is 1. The van der Waals surface area contributed by atoms with Crippen LogP contribution < -0.4 is 10.9 Å². The van der Waals surface area contributed by atoms with Crippen molar-refractivity contribution in [3.63, 3.8) is 0 Å². The summed E-state index contributed by atoms with van der Waals surface area (Å²) in [6.07, 6.45) is 11.0. The molecule has 2 heterocycles. The number of morpholine rings is 1. The third-order valence-electron chi connectivity index (χ3n) is 12.6. The first kappa shape index (κ1) is 28.2. The molecule has 222 valence electrons. The molecule has 40 heavy (non-hydrogen) atoms. The van der Waals surface area contributed by atoms with Crippen LogP contribution >= 0.6 is 0 Å². The maximum Gasteiger partial charge on any atom is 0.335 e. The average molecular weight is 556 g/mol. The Hall–Kier alpha value is -1.90. The van der Waals surface area contributed by atoms with Crippen molar-refractivity contribution in [3.05, 3.63) is 34.4 Å². The van der Waals surface area contributed by atoms with Gasteiger partial charge in [0.05, 0.1) is 25.1 Å². The Morgan fingerprint density at radius 1 is 1.07 bits per heavy atom. The van der Waals surface area contributed by atoms with E-state index >= 15 is 0 Å². The standard InChI is InChI=1S/C32H49N3O5/c1-30-11-8-24(34(3)29(37)33-14-15-35-16-18-39-19-17-35)20-23(30)5-6-27-26(30)9-12-31(2)25(10-13-32(27,31)38)22-4-7-28(36)40-21-22/h4,7,21,23-27,38H,5-6,8-20H2,1-3H3,(H,33,37)/t23-,24+,25-,26+,27-,30+,31-,32+/m1/s1. The normalized spacial score (nSPS) is 41.5. The monoisotopic (exact) mass is 555 g/mol. The van der Waals surface area contributed by atoms with Crippen molar-refractivity contribution in [1.82, 2.24) is 15.1 Å². The second-order valence-corrected chi connectivity index (χ2v) is 14.1. The minimum atomic E-state index is -0.682. The summed E-state index contributed by atoms with van der Waals surface area (Å²) < 4.78 is 10.7. The van der Waals surface area contributed by atoms with Crippen LogP contribution in [-0.4, -0.2) is 79.0 Å². The molecule has 6 rings (SSSR count). The van der Waals surface area contributed by atoms with Crippen LogP contribution in [0.15, 0.2) is 27.6 Å². The van der Waals surface area contributed by atoms with E-state index in [1.54, 1.807) is 6.26 Å². The lowest BCUT2D eigenvalue weighted by molar-refractivity contribution is -0.203. The Kier molecular flexibility index (Phi) is 7.58. The topological polar surface area (TPSA) is 95.3 Å². The third-order valence-corrected chi connectivity index (χ3v) is 12.6. The van der Waals surface area contributed by atoms with Crippen LogP contribution in [0.5, 0.6) is 0 Å².